The number of benzene rings is 1. The van der Waals surface area contributed by atoms with Crippen LogP contribution in [0.1, 0.15) is 0 Å². The van der Waals surface area contributed by atoms with Crippen molar-refractivity contribution in [1.82, 2.24) is 0 Å². The molecule has 13 heteroatoms. The highest BCUT2D eigenvalue weighted by atomic mass is 19.2. The van der Waals surface area contributed by atoms with E-state index in [1.165, 1.54) is 0 Å². The number of halogens is 5. The molecule has 0 atom stereocenters. The van der Waals surface area contributed by atoms with Crippen molar-refractivity contribution in [3.8, 4) is 5.75 Å². The van der Waals surface area contributed by atoms with Crippen LogP contribution in [0.25, 0.3) is 0 Å². The summed E-state index contributed by atoms with van der Waals surface area (Å²) >= 11 is 0. The lowest BCUT2D eigenvalue weighted by atomic mass is 10.2. The minimum absolute atomic E-state index is 1.75. The standard InChI is InChI=1S/C6H2BF5O3.BH3O3/c8-1-2(9)4(11)6(15-7(13)14)5(12)3(1)10;2-1(3)4/h13-14H;2-4H. The van der Waals surface area contributed by atoms with E-state index in [2.05, 4.69) is 4.65 Å². The van der Waals surface area contributed by atoms with E-state index in [0.717, 1.165) is 0 Å². The minimum Gasteiger partial charge on any atom is -0.507 e. The van der Waals surface area contributed by atoms with Gasteiger partial charge in [-0.1, -0.05) is 0 Å². The third kappa shape index (κ3) is 5.00. The largest absolute Gasteiger partial charge is 0.707 e. The predicted molar refractivity (Wildman–Crippen MR) is 49.5 cm³/mol. The van der Waals surface area contributed by atoms with E-state index >= 15 is 0 Å². The van der Waals surface area contributed by atoms with Crippen LogP contribution in [0, 0.1) is 29.1 Å². The highest BCUT2D eigenvalue weighted by Crippen LogP contribution is 2.28. The van der Waals surface area contributed by atoms with Crippen LogP contribution >= 0.6 is 0 Å². The Morgan fingerprint density at radius 3 is 1.16 bits per heavy atom. The van der Waals surface area contributed by atoms with Gasteiger partial charge in [0.25, 0.3) is 0 Å². The van der Waals surface area contributed by atoms with Crippen LogP contribution in [0.15, 0.2) is 0 Å². The summed E-state index contributed by atoms with van der Waals surface area (Å²) in [5.41, 5.74) is 0. The first-order valence-electron chi connectivity index (χ1n) is 4.18. The van der Waals surface area contributed by atoms with Crippen molar-refractivity contribution in [1.29, 1.82) is 0 Å². The molecule has 0 spiro atoms. The summed E-state index contributed by atoms with van der Waals surface area (Å²) < 4.78 is 66.3. The monoisotopic (exact) mass is 290 g/mol. The van der Waals surface area contributed by atoms with Crippen LogP contribution in [0.3, 0.4) is 0 Å². The van der Waals surface area contributed by atoms with Gasteiger partial charge in [-0.3, -0.25) is 0 Å². The third-order valence-corrected chi connectivity index (χ3v) is 1.39. The van der Waals surface area contributed by atoms with Gasteiger partial charge < -0.3 is 29.8 Å². The van der Waals surface area contributed by atoms with Crippen LogP contribution in [-0.4, -0.2) is 39.8 Å². The molecule has 0 radical (unpaired) electrons. The van der Waals surface area contributed by atoms with Crippen LogP contribution in [-0.2, 0) is 0 Å². The highest BCUT2D eigenvalue weighted by Gasteiger charge is 2.29. The second kappa shape index (κ2) is 7.25. The summed E-state index contributed by atoms with van der Waals surface area (Å²) in [6.07, 6.45) is 0. The molecule has 0 aliphatic carbocycles. The Hall–Kier alpha value is -1.40. The molecule has 0 bridgehead atoms. The molecular formula is C6H5B2F5O6. The first-order valence-corrected chi connectivity index (χ1v) is 4.18. The van der Waals surface area contributed by atoms with Gasteiger partial charge in [0.2, 0.25) is 29.1 Å². The molecule has 106 valence electrons. The highest BCUT2D eigenvalue weighted by molar-refractivity contribution is 6.33. The van der Waals surface area contributed by atoms with E-state index < -0.39 is 49.5 Å². The molecule has 0 aromatic heterocycles. The molecule has 19 heavy (non-hydrogen) atoms. The van der Waals surface area contributed by atoms with Gasteiger partial charge in [0.15, 0.2) is 5.75 Å². The molecule has 6 nitrogen and oxygen atoms in total. The molecule has 1 rings (SSSR count). The molecule has 0 aliphatic heterocycles. The van der Waals surface area contributed by atoms with E-state index in [1.807, 2.05) is 0 Å². The van der Waals surface area contributed by atoms with Crippen LogP contribution in [0.2, 0.25) is 0 Å². The van der Waals surface area contributed by atoms with Crippen molar-refractivity contribution in [3.63, 3.8) is 0 Å². The maximum absolute atomic E-state index is 12.7. The molecule has 0 fully saturated rings. The Kier molecular flexibility index (Phi) is 6.72. The molecule has 0 unspecified atom stereocenters. The zero-order valence-electron chi connectivity index (χ0n) is 8.69. The zero-order valence-corrected chi connectivity index (χ0v) is 8.69. The van der Waals surface area contributed by atoms with E-state index in [0.29, 0.717) is 0 Å². The van der Waals surface area contributed by atoms with Crippen molar-refractivity contribution in [2.24, 2.45) is 0 Å². The third-order valence-electron chi connectivity index (χ3n) is 1.39. The van der Waals surface area contributed by atoms with Gasteiger partial charge in [0.05, 0.1) is 0 Å². The van der Waals surface area contributed by atoms with Gasteiger partial charge >= 0.3 is 14.6 Å². The lowest BCUT2D eigenvalue weighted by Gasteiger charge is -2.08. The van der Waals surface area contributed by atoms with Gasteiger partial charge in [0, 0.05) is 0 Å². The molecule has 1 aromatic carbocycles. The molecule has 0 heterocycles. The van der Waals surface area contributed by atoms with Gasteiger partial charge in [-0.15, -0.1) is 0 Å². The summed E-state index contributed by atoms with van der Waals surface area (Å²) in [5, 5.41) is 37.8. The van der Waals surface area contributed by atoms with Gasteiger partial charge in [-0.05, 0) is 0 Å². The van der Waals surface area contributed by atoms with Gasteiger partial charge in [0.1, 0.15) is 0 Å². The molecule has 5 N–H and O–H groups in total. The lowest BCUT2D eigenvalue weighted by Crippen LogP contribution is -2.23. The van der Waals surface area contributed by atoms with Crippen molar-refractivity contribution >= 4 is 14.6 Å². The van der Waals surface area contributed by atoms with Crippen molar-refractivity contribution in [2.75, 3.05) is 0 Å². The van der Waals surface area contributed by atoms with E-state index in [9.17, 15) is 22.0 Å². The Morgan fingerprint density at radius 2 is 0.895 bits per heavy atom. The van der Waals surface area contributed by atoms with Crippen molar-refractivity contribution in [3.05, 3.63) is 29.1 Å². The normalized spacial score (nSPS) is 9.58. The van der Waals surface area contributed by atoms with Crippen molar-refractivity contribution < 1.29 is 51.7 Å². The summed E-state index contributed by atoms with van der Waals surface area (Å²) in [7, 11) is -4.86. The maximum atomic E-state index is 12.7. The van der Waals surface area contributed by atoms with Gasteiger partial charge in [-0.2, -0.15) is 8.78 Å². The quantitative estimate of drug-likeness (QED) is 0.200. The molecular weight excluding hydrogens is 285 g/mol. The summed E-state index contributed by atoms with van der Waals surface area (Å²) in [5.74, 6) is -13.1. The average Bonchev–Trinajstić information content (AvgIpc) is 2.29. The summed E-state index contributed by atoms with van der Waals surface area (Å²) in [6.45, 7) is 0. The van der Waals surface area contributed by atoms with Gasteiger partial charge in [-0.25, -0.2) is 13.2 Å². The maximum Gasteiger partial charge on any atom is 0.707 e. The molecule has 0 amide bonds. The van der Waals surface area contributed by atoms with E-state index in [1.54, 1.807) is 0 Å². The number of hydrogen-bond acceptors (Lipinski definition) is 6. The molecule has 0 saturated carbocycles. The van der Waals surface area contributed by atoms with Crippen molar-refractivity contribution in [2.45, 2.75) is 0 Å². The number of rotatable bonds is 2. The lowest BCUT2D eigenvalue weighted by molar-refractivity contribution is 0.263. The minimum atomic E-state index is -2.70. The fourth-order valence-electron chi connectivity index (χ4n) is 0.794. The molecule has 0 saturated heterocycles. The van der Waals surface area contributed by atoms with E-state index in [-0.39, 0.29) is 0 Å². The molecule has 0 aliphatic rings. The Balaban J connectivity index is 0.000000711. The fraction of sp³-hybridized carbons (Fsp3) is 0. The predicted octanol–water partition coefficient (Wildman–Crippen LogP) is -1.32. The van der Waals surface area contributed by atoms with Crippen LogP contribution in [0.4, 0.5) is 22.0 Å². The molecule has 1 aromatic rings. The topological polar surface area (TPSA) is 110 Å². The SMILES string of the molecule is OB(O)O.OB(O)Oc1c(F)c(F)c(F)c(F)c1F. The van der Waals surface area contributed by atoms with Crippen LogP contribution in [0.5, 0.6) is 5.75 Å². The first-order chi connectivity index (χ1) is 8.59. The summed E-state index contributed by atoms with van der Waals surface area (Å²) in [4.78, 5) is 0. The smallest absolute Gasteiger partial charge is 0.507 e. The first kappa shape index (κ1) is 17.6. The fourth-order valence-corrected chi connectivity index (χ4v) is 0.794. The Labute approximate surface area is 102 Å². The van der Waals surface area contributed by atoms with Crippen LogP contribution < -0.4 is 4.65 Å². The Morgan fingerprint density at radius 1 is 0.632 bits per heavy atom. The summed E-state index contributed by atoms with van der Waals surface area (Å²) in [6, 6.07) is 0. The number of hydrogen-bond donors (Lipinski definition) is 5. The second-order valence-corrected chi connectivity index (χ2v) is 2.69. The average molecular weight is 290 g/mol. The zero-order chi connectivity index (χ0) is 15.3. The Bertz CT molecular complexity index is 413. The second-order valence-electron chi connectivity index (χ2n) is 2.69. The van der Waals surface area contributed by atoms with E-state index in [4.69, 9.17) is 25.1 Å².